The van der Waals surface area contributed by atoms with E-state index in [1.165, 1.54) is 11.5 Å². The number of hydrogen-bond acceptors (Lipinski definition) is 4. The third-order valence-electron chi connectivity index (χ3n) is 3.12. The van der Waals surface area contributed by atoms with Gasteiger partial charge in [-0.05, 0) is 17.5 Å². The van der Waals surface area contributed by atoms with Crippen LogP contribution in [0.2, 0.25) is 0 Å². The van der Waals surface area contributed by atoms with E-state index < -0.39 is 18.0 Å². The molecule has 1 aromatic heterocycles. The van der Waals surface area contributed by atoms with Crippen molar-refractivity contribution < 1.29 is 9.59 Å². The van der Waals surface area contributed by atoms with Crippen LogP contribution in [-0.2, 0) is 4.79 Å². The van der Waals surface area contributed by atoms with Crippen LogP contribution in [0.25, 0.3) is 11.3 Å². The van der Waals surface area contributed by atoms with Gasteiger partial charge in [0.25, 0.3) is 0 Å². The third kappa shape index (κ3) is 3.82. The number of carbonyl (C=O) groups is 2. The first kappa shape index (κ1) is 16.0. The first-order valence-electron chi connectivity index (χ1n) is 6.85. The highest BCUT2D eigenvalue weighted by atomic mass is 32.1. The summed E-state index contributed by atoms with van der Waals surface area (Å²) >= 11 is 1.25. The minimum Gasteiger partial charge on any atom is -0.368 e. The molecule has 0 saturated carbocycles. The SMILES string of the molecule is CC(C)[C@H](NC(=O)Nc1csnc1-c1ccccc1)C(N)=O. The molecule has 0 aliphatic carbocycles. The molecule has 0 aliphatic heterocycles. The molecule has 7 heteroatoms. The number of anilines is 1. The Morgan fingerprint density at radius 1 is 1.23 bits per heavy atom. The number of carbonyl (C=O) groups excluding carboxylic acids is 2. The Morgan fingerprint density at radius 3 is 2.50 bits per heavy atom. The molecule has 0 saturated heterocycles. The summed E-state index contributed by atoms with van der Waals surface area (Å²) in [4.78, 5) is 23.4. The summed E-state index contributed by atoms with van der Waals surface area (Å²) in [6.45, 7) is 3.63. The molecular formula is C15H18N4O2S. The highest BCUT2D eigenvalue weighted by molar-refractivity contribution is 7.04. The van der Waals surface area contributed by atoms with E-state index in [0.29, 0.717) is 11.4 Å². The predicted octanol–water partition coefficient (Wildman–Crippen LogP) is 2.44. The number of benzene rings is 1. The molecule has 0 spiro atoms. The zero-order chi connectivity index (χ0) is 16.1. The predicted molar refractivity (Wildman–Crippen MR) is 87.5 cm³/mol. The smallest absolute Gasteiger partial charge is 0.319 e. The van der Waals surface area contributed by atoms with E-state index in [1.54, 1.807) is 5.38 Å². The summed E-state index contributed by atoms with van der Waals surface area (Å²) in [6.07, 6.45) is 0. The van der Waals surface area contributed by atoms with Gasteiger partial charge in [-0.3, -0.25) is 4.79 Å². The van der Waals surface area contributed by atoms with Crippen molar-refractivity contribution in [3.05, 3.63) is 35.7 Å². The highest BCUT2D eigenvalue weighted by Crippen LogP contribution is 2.28. The standard InChI is InChI=1S/C15H18N4O2S/c1-9(2)12(14(16)20)18-15(21)17-11-8-22-19-13(11)10-6-4-3-5-7-10/h3-9,12H,1-2H3,(H2,16,20)(H2,17,18,21)/t12-/m0/s1. The topological polar surface area (TPSA) is 97.1 Å². The summed E-state index contributed by atoms with van der Waals surface area (Å²) < 4.78 is 4.30. The van der Waals surface area contributed by atoms with Crippen LogP contribution in [0.5, 0.6) is 0 Å². The summed E-state index contributed by atoms with van der Waals surface area (Å²) in [5.74, 6) is -0.644. The second kappa shape index (κ2) is 7.04. The Labute approximate surface area is 132 Å². The van der Waals surface area contributed by atoms with Crippen LogP contribution in [0.4, 0.5) is 10.5 Å². The zero-order valence-corrected chi connectivity index (χ0v) is 13.2. The third-order valence-corrected chi connectivity index (χ3v) is 3.75. The maximum Gasteiger partial charge on any atom is 0.319 e. The quantitative estimate of drug-likeness (QED) is 0.790. The highest BCUT2D eigenvalue weighted by Gasteiger charge is 2.22. The summed E-state index contributed by atoms with van der Waals surface area (Å²) in [5, 5.41) is 7.05. The molecule has 6 nitrogen and oxygen atoms in total. The molecule has 0 fully saturated rings. The van der Waals surface area contributed by atoms with Gasteiger partial charge >= 0.3 is 6.03 Å². The van der Waals surface area contributed by atoms with Gasteiger partial charge < -0.3 is 16.4 Å². The normalized spacial score (nSPS) is 12.0. The van der Waals surface area contributed by atoms with Crippen LogP contribution in [-0.4, -0.2) is 22.4 Å². The van der Waals surface area contributed by atoms with Crippen molar-refractivity contribution in [3.63, 3.8) is 0 Å². The second-order valence-electron chi connectivity index (χ2n) is 5.17. The average molecular weight is 318 g/mol. The number of hydrogen-bond donors (Lipinski definition) is 3. The van der Waals surface area contributed by atoms with Crippen molar-refractivity contribution in [2.45, 2.75) is 19.9 Å². The fourth-order valence-electron chi connectivity index (χ4n) is 2.00. The van der Waals surface area contributed by atoms with Crippen molar-refractivity contribution in [1.82, 2.24) is 9.69 Å². The first-order valence-corrected chi connectivity index (χ1v) is 7.69. The fraction of sp³-hybridized carbons (Fsp3) is 0.267. The minimum absolute atomic E-state index is 0.0857. The van der Waals surface area contributed by atoms with Crippen LogP contribution < -0.4 is 16.4 Å². The number of primary amides is 1. The molecule has 0 radical (unpaired) electrons. The monoisotopic (exact) mass is 318 g/mol. The number of amides is 3. The summed E-state index contributed by atoms with van der Waals surface area (Å²) in [5.41, 5.74) is 7.49. The molecule has 1 aromatic carbocycles. The largest absolute Gasteiger partial charge is 0.368 e. The lowest BCUT2D eigenvalue weighted by atomic mass is 10.0. The van der Waals surface area contributed by atoms with Crippen molar-refractivity contribution in [3.8, 4) is 11.3 Å². The first-order chi connectivity index (χ1) is 10.5. The van der Waals surface area contributed by atoms with E-state index in [2.05, 4.69) is 15.0 Å². The maximum absolute atomic E-state index is 12.1. The van der Waals surface area contributed by atoms with Gasteiger partial charge in [0.1, 0.15) is 11.7 Å². The van der Waals surface area contributed by atoms with Gasteiger partial charge in [0.2, 0.25) is 5.91 Å². The molecule has 0 aliphatic rings. The molecule has 2 aromatic rings. The van der Waals surface area contributed by atoms with E-state index in [0.717, 1.165) is 5.56 Å². The Kier molecular flexibility index (Phi) is 5.11. The van der Waals surface area contributed by atoms with Crippen molar-refractivity contribution >= 4 is 29.2 Å². The Bertz CT molecular complexity index is 655. The van der Waals surface area contributed by atoms with Crippen LogP contribution in [0.1, 0.15) is 13.8 Å². The number of nitrogens with zero attached hydrogens (tertiary/aromatic N) is 1. The van der Waals surface area contributed by atoms with E-state index in [-0.39, 0.29) is 5.92 Å². The fourth-order valence-corrected chi connectivity index (χ4v) is 2.63. The van der Waals surface area contributed by atoms with Crippen LogP contribution >= 0.6 is 11.5 Å². The molecule has 1 atom stereocenters. The van der Waals surface area contributed by atoms with E-state index in [9.17, 15) is 9.59 Å². The Morgan fingerprint density at radius 2 is 1.91 bits per heavy atom. The van der Waals surface area contributed by atoms with Gasteiger partial charge in [-0.25, -0.2) is 4.79 Å². The molecule has 116 valence electrons. The average Bonchev–Trinajstić information content (AvgIpc) is 2.93. The lowest BCUT2D eigenvalue weighted by Crippen LogP contribution is -2.49. The number of nitrogens with one attached hydrogen (secondary N) is 2. The molecule has 4 N–H and O–H groups in total. The maximum atomic E-state index is 12.1. The molecule has 3 amide bonds. The number of nitrogens with two attached hydrogens (primary N) is 1. The van der Waals surface area contributed by atoms with Crippen molar-refractivity contribution in [2.24, 2.45) is 11.7 Å². The van der Waals surface area contributed by atoms with E-state index in [1.807, 2.05) is 44.2 Å². The van der Waals surface area contributed by atoms with Crippen molar-refractivity contribution in [2.75, 3.05) is 5.32 Å². The number of urea groups is 1. The number of rotatable bonds is 5. The van der Waals surface area contributed by atoms with Gasteiger partial charge in [-0.1, -0.05) is 44.2 Å². The number of aromatic nitrogens is 1. The molecular weight excluding hydrogens is 300 g/mol. The van der Waals surface area contributed by atoms with Crippen LogP contribution in [0.15, 0.2) is 35.7 Å². The van der Waals surface area contributed by atoms with Gasteiger partial charge in [-0.2, -0.15) is 4.37 Å². The van der Waals surface area contributed by atoms with Gasteiger partial charge in [0, 0.05) is 10.9 Å². The van der Waals surface area contributed by atoms with E-state index >= 15 is 0 Å². The minimum atomic E-state index is -0.716. The van der Waals surface area contributed by atoms with Crippen LogP contribution in [0.3, 0.4) is 0 Å². The Hall–Kier alpha value is -2.41. The van der Waals surface area contributed by atoms with Crippen LogP contribution in [0, 0.1) is 5.92 Å². The lowest BCUT2D eigenvalue weighted by molar-refractivity contribution is -0.120. The molecule has 0 bridgehead atoms. The molecule has 0 unspecified atom stereocenters. The zero-order valence-electron chi connectivity index (χ0n) is 12.4. The van der Waals surface area contributed by atoms with Gasteiger partial charge in [0.15, 0.2) is 0 Å². The summed E-state index contributed by atoms with van der Waals surface area (Å²) in [7, 11) is 0. The van der Waals surface area contributed by atoms with E-state index in [4.69, 9.17) is 5.73 Å². The molecule has 1 heterocycles. The van der Waals surface area contributed by atoms with Gasteiger partial charge in [-0.15, -0.1) is 0 Å². The molecule has 2 rings (SSSR count). The molecule has 22 heavy (non-hydrogen) atoms. The Balaban J connectivity index is 2.10. The van der Waals surface area contributed by atoms with Crippen molar-refractivity contribution in [1.29, 1.82) is 0 Å². The van der Waals surface area contributed by atoms with Gasteiger partial charge in [0.05, 0.1) is 5.69 Å². The second-order valence-corrected chi connectivity index (χ2v) is 5.79. The summed E-state index contributed by atoms with van der Waals surface area (Å²) in [6, 6.07) is 8.36. The lowest BCUT2D eigenvalue weighted by Gasteiger charge is -2.19.